The van der Waals surface area contributed by atoms with Crippen molar-refractivity contribution in [2.45, 2.75) is 26.2 Å². The van der Waals surface area contributed by atoms with Crippen LogP contribution < -0.4 is 4.74 Å². The maximum Gasteiger partial charge on any atom is 0.166 e. The summed E-state index contributed by atoms with van der Waals surface area (Å²) in [6.45, 7) is 4.66. The van der Waals surface area contributed by atoms with Gasteiger partial charge >= 0.3 is 0 Å². The van der Waals surface area contributed by atoms with Crippen molar-refractivity contribution in [3.63, 3.8) is 0 Å². The Morgan fingerprint density at radius 2 is 1.86 bits per heavy atom. The average molecular weight is 347 g/mol. The highest BCUT2D eigenvalue weighted by molar-refractivity contribution is 9.10. The van der Waals surface area contributed by atoms with Crippen molar-refractivity contribution in [3.8, 4) is 5.75 Å². The summed E-state index contributed by atoms with van der Waals surface area (Å²) in [6, 6.07) is 15.3. The van der Waals surface area contributed by atoms with Crippen molar-refractivity contribution >= 4 is 21.7 Å². The number of ketones is 1. The van der Waals surface area contributed by atoms with Gasteiger partial charge in [0.15, 0.2) is 5.78 Å². The molecule has 0 radical (unpaired) electrons. The van der Waals surface area contributed by atoms with Gasteiger partial charge in [-0.15, -0.1) is 0 Å². The summed E-state index contributed by atoms with van der Waals surface area (Å²) >= 11 is 3.48. The lowest BCUT2D eigenvalue weighted by atomic mass is 10.0. The minimum absolute atomic E-state index is 0.110. The van der Waals surface area contributed by atoms with E-state index in [0.717, 1.165) is 21.3 Å². The number of hydrogen-bond acceptors (Lipinski definition) is 2. The second kappa shape index (κ2) is 7.41. The number of Topliss-reactive ketones (excluding diaryl/α,β-unsaturated/α-hetero) is 1. The molecule has 2 aromatic rings. The second-order valence-corrected chi connectivity index (χ2v) is 6.14. The molecule has 0 N–H and O–H groups in total. The third-order valence-electron chi connectivity index (χ3n) is 3.28. The monoisotopic (exact) mass is 346 g/mol. The zero-order valence-electron chi connectivity index (χ0n) is 12.3. The minimum atomic E-state index is 0.110. The zero-order chi connectivity index (χ0) is 15.2. The van der Waals surface area contributed by atoms with Gasteiger partial charge in [-0.25, -0.2) is 0 Å². The van der Waals surface area contributed by atoms with E-state index in [1.165, 1.54) is 0 Å². The van der Waals surface area contributed by atoms with Gasteiger partial charge in [-0.2, -0.15) is 0 Å². The van der Waals surface area contributed by atoms with E-state index in [1.54, 1.807) is 0 Å². The molecule has 0 bridgehead atoms. The summed E-state index contributed by atoms with van der Waals surface area (Å²) in [7, 11) is 0. The summed E-state index contributed by atoms with van der Waals surface area (Å²) in [5.41, 5.74) is 1.89. The molecule has 0 aliphatic carbocycles. The van der Waals surface area contributed by atoms with Gasteiger partial charge in [0.2, 0.25) is 0 Å². The minimum Gasteiger partial charge on any atom is -0.493 e. The number of halogens is 1. The average Bonchev–Trinajstić information content (AvgIpc) is 2.49. The Morgan fingerprint density at radius 3 is 2.52 bits per heavy atom. The van der Waals surface area contributed by atoms with Crippen LogP contribution in [0.25, 0.3) is 0 Å². The topological polar surface area (TPSA) is 26.3 Å². The summed E-state index contributed by atoms with van der Waals surface area (Å²) in [5, 5.41) is 0. The molecule has 0 aliphatic heterocycles. The Morgan fingerprint density at radius 1 is 1.14 bits per heavy atom. The van der Waals surface area contributed by atoms with Gasteiger partial charge in [0, 0.05) is 16.5 Å². The predicted octanol–water partition coefficient (Wildman–Crippen LogP) is 5.22. The van der Waals surface area contributed by atoms with E-state index in [4.69, 9.17) is 4.74 Å². The number of carbonyl (C=O) groups excluding carboxylic acids is 1. The Bertz CT molecular complexity index is 606. The summed E-state index contributed by atoms with van der Waals surface area (Å²) in [5.74, 6) is 1.34. The largest absolute Gasteiger partial charge is 0.493 e. The molecule has 0 aromatic heterocycles. The van der Waals surface area contributed by atoms with Gasteiger partial charge in [0.05, 0.1) is 6.61 Å². The third kappa shape index (κ3) is 4.43. The van der Waals surface area contributed by atoms with Crippen LogP contribution in [-0.2, 0) is 0 Å². The smallest absolute Gasteiger partial charge is 0.166 e. The molecule has 0 saturated heterocycles. The van der Waals surface area contributed by atoms with Crippen LogP contribution in [0, 0.1) is 0 Å². The molecule has 0 fully saturated rings. The molecular weight excluding hydrogens is 328 g/mol. The SMILES string of the molecule is CC(C)c1cc(Br)ccc1OCCC(=O)c1ccccc1. The molecule has 2 rings (SSSR count). The van der Waals surface area contributed by atoms with Crippen molar-refractivity contribution < 1.29 is 9.53 Å². The van der Waals surface area contributed by atoms with E-state index >= 15 is 0 Å². The fourth-order valence-corrected chi connectivity index (χ4v) is 2.50. The first kappa shape index (κ1) is 15.8. The van der Waals surface area contributed by atoms with Gasteiger partial charge in [-0.3, -0.25) is 4.79 Å². The molecule has 2 aromatic carbocycles. The van der Waals surface area contributed by atoms with E-state index in [2.05, 4.69) is 35.8 Å². The Kier molecular flexibility index (Phi) is 5.57. The Hall–Kier alpha value is -1.61. The number of hydrogen-bond donors (Lipinski definition) is 0. The quantitative estimate of drug-likeness (QED) is 0.670. The Labute approximate surface area is 134 Å². The van der Waals surface area contributed by atoms with E-state index in [1.807, 2.05) is 42.5 Å². The standard InChI is InChI=1S/C18H19BrO2/c1-13(2)16-12-15(19)8-9-18(16)21-11-10-17(20)14-6-4-3-5-7-14/h3-9,12-13H,10-11H2,1-2H3. The highest BCUT2D eigenvalue weighted by Crippen LogP contribution is 2.29. The van der Waals surface area contributed by atoms with Crippen LogP contribution in [0.3, 0.4) is 0 Å². The molecule has 110 valence electrons. The first-order valence-corrected chi connectivity index (χ1v) is 7.87. The van der Waals surface area contributed by atoms with Crippen molar-refractivity contribution in [1.82, 2.24) is 0 Å². The van der Waals surface area contributed by atoms with Crippen molar-refractivity contribution in [3.05, 3.63) is 64.1 Å². The van der Waals surface area contributed by atoms with Crippen LogP contribution >= 0.6 is 15.9 Å². The van der Waals surface area contributed by atoms with Crippen LogP contribution in [-0.4, -0.2) is 12.4 Å². The van der Waals surface area contributed by atoms with E-state index in [0.29, 0.717) is 18.9 Å². The fraction of sp³-hybridized carbons (Fsp3) is 0.278. The van der Waals surface area contributed by atoms with E-state index < -0.39 is 0 Å². The molecule has 0 unspecified atom stereocenters. The molecule has 0 aliphatic rings. The number of ether oxygens (including phenoxy) is 1. The lowest BCUT2D eigenvalue weighted by Gasteiger charge is -2.14. The summed E-state index contributed by atoms with van der Waals surface area (Å²) < 4.78 is 6.84. The molecule has 2 nitrogen and oxygen atoms in total. The molecule has 0 heterocycles. The molecule has 0 spiro atoms. The van der Waals surface area contributed by atoms with Crippen LogP contribution in [0.5, 0.6) is 5.75 Å². The first-order valence-electron chi connectivity index (χ1n) is 7.08. The maximum absolute atomic E-state index is 12.0. The normalized spacial score (nSPS) is 10.7. The second-order valence-electron chi connectivity index (χ2n) is 5.22. The molecule has 0 atom stereocenters. The lowest BCUT2D eigenvalue weighted by molar-refractivity contribution is 0.0962. The first-order chi connectivity index (χ1) is 10.1. The van der Waals surface area contributed by atoms with Gasteiger partial charge in [-0.05, 0) is 29.7 Å². The third-order valence-corrected chi connectivity index (χ3v) is 3.77. The highest BCUT2D eigenvalue weighted by atomic mass is 79.9. The van der Waals surface area contributed by atoms with Crippen LogP contribution in [0.4, 0.5) is 0 Å². The van der Waals surface area contributed by atoms with E-state index in [-0.39, 0.29) is 5.78 Å². The number of rotatable bonds is 6. The van der Waals surface area contributed by atoms with Crippen LogP contribution in [0.2, 0.25) is 0 Å². The summed E-state index contributed by atoms with van der Waals surface area (Å²) in [6.07, 6.45) is 0.387. The number of benzene rings is 2. The maximum atomic E-state index is 12.0. The Balaban J connectivity index is 1.96. The summed E-state index contributed by atoms with van der Waals surface area (Å²) in [4.78, 5) is 12.0. The van der Waals surface area contributed by atoms with Crippen LogP contribution in [0.15, 0.2) is 53.0 Å². The van der Waals surface area contributed by atoms with Crippen molar-refractivity contribution in [2.24, 2.45) is 0 Å². The molecule has 0 amide bonds. The molecule has 0 saturated carbocycles. The lowest BCUT2D eigenvalue weighted by Crippen LogP contribution is -2.08. The zero-order valence-corrected chi connectivity index (χ0v) is 13.9. The van der Waals surface area contributed by atoms with Gasteiger partial charge in [0.25, 0.3) is 0 Å². The molecular formula is C18H19BrO2. The van der Waals surface area contributed by atoms with E-state index in [9.17, 15) is 4.79 Å². The number of carbonyl (C=O) groups is 1. The predicted molar refractivity (Wildman–Crippen MR) is 89.1 cm³/mol. The van der Waals surface area contributed by atoms with Crippen molar-refractivity contribution in [1.29, 1.82) is 0 Å². The van der Waals surface area contributed by atoms with Gasteiger partial charge in [0.1, 0.15) is 5.75 Å². The highest BCUT2D eigenvalue weighted by Gasteiger charge is 2.10. The van der Waals surface area contributed by atoms with Crippen molar-refractivity contribution in [2.75, 3.05) is 6.61 Å². The molecule has 21 heavy (non-hydrogen) atoms. The van der Waals surface area contributed by atoms with Gasteiger partial charge in [-0.1, -0.05) is 60.1 Å². The van der Waals surface area contributed by atoms with Crippen LogP contribution in [0.1, 0.15) is 42.1 Å². The van der Waals surface area contributed by atoms with Gasteiger partial charge < -0.3 is 4.74 Å². The molecule has 3 heteroatoms. The fourth-order valence-electron chi connectivity index (χ4n) is 2.12.